The number of hydrogen-bond acceptors (Lipinski definition) is 2. The summed E-state index contributed by atoms with van der Waals surface area (Å²) in [6, 6.07) is 8.60. The van der Waals surface area contributed by atoms with E-state index in [-0.39, 0.29) is 12.5 Å². The van der Waals surface area contributed by atoms with Gasteiger partial charge in [0.05, 0.1) is 17.6 Å². The lowest BCUT2D eigenvalue weighted by atomic mass is 10.2. The van der Waals surface area contributed by atoms with E-state index in [1.165, 1.54) is 12.1 Å². The van der Waals surface area contributed by atoms with E-state index in [4.69, 9.17) is 17.3 Å². The van der Waals surface area contributed by atoms with Gasteiger partial charge in [0.2, 0.25) is 5.95 Å². The van der Waals surface area contributed by atoms with Gasteiger partial charge >= 0.3 is 0 Å². The van der Waals surface area contributed by atoms with Crippen LogP contribution in [0.5, 0.6) is 0 Å². The van der Waals surface area contributed by atoms with Crippen LogP contribution in [-0.2, 0) is 6.54 Å². The minimum Gasteiger partial charge on any atom is -0.369 e. The van der Waals surface area contributed by atoms with Crippen LogP contribution in [0.3, 0.4) is 0 Å². The number of nitrogens with zero attached hydrogens (tertiary/aromatic N) is 2. The van der Waals surface area contributed by atoms with Crippen molar-refractivity contribution in [1.82, 2.24) is 9.55 Å². The highest BCUT2D eigenvalue weighted by atomic mass is 35.5. The molecular formula is C14H10ClF2N3. The molecule has 0 radical (unpaired) electrons. The summed E-state index contributed by atoms with van der Waals surface area (Å²) < 4.78 is 28.3. The van der Waals surface area contributed by atoms with E-state index in [2.05, 4.69) is 4.98 Å². The van der Waals surface area contributed by atoms with Crippen molar-refractivity contribution in [2.45, 2.75) is 6.54 Å². The molecule has 3 aromatic rings. The summed E-state index contributed by atoms with van der Waals surface area (Å²) in [6.07, 6.45) is 0. The predicted octanol–water partition coefficient (Wildman–Crippen LogP) is 3.60. The lowest BCUT2D eigenvalue weighted by Gasteiger charge is -2.08. The summed E-state index contributed by atoms with van der Waals surface area (Å²) in [5.41, 5.74) is 7.56. The van der Waals surface area contributed by atoms with E-state index in [1.807, 2.05) is 0 Å². The van der Waals surface area contributed by atoms with Gasteiger partial charge in [0.25, 0.3) is 0 Å². The zero-order valence-corrected chi connectivity index (χ0v) is 11.0. The lowest BCUT2D eigenvalue weighted by molar-refractivity contribution is 0.568. The molecule has 0 amide bonds. The fourth-order valence-electron chi connectivity index (χ4n) is 2.10. The zero-order valence-electron chi connectivity index (χ0n) is 10.3. The Balaban J connectivity index is 2.10. The van der Waals surface area contributed by atoms with Crippen LogP contribution in [0.4, 0.5) is 14.7 Å². The summed E-state index contributed by atoms with van der Waals surface area (Å²) in [4.78, 5) is 4.18. The Bertz CT molecular complexity index is 798. The molecule has 1 aromatic heterocycles. The molecule has 0 atom stereocenters. The Morgan fingerprint density at radius 3 is 2.70 bits per heavy atom. The highest BCUT2D eigenvalue weighted by Gasteiger charge is 2.11. The molecule has 2 N–H and O–H groups in total. The summed E-state index contributed by atoms with van der Waals surface area (Å²) in [5.74, 6) is -0.975. The van der Waals surface area contributed by atoms with Gasteiger partial charge in [-0.1, -0.05) is 17.7 Å². The molecule has 0 aliphatic heterocycles. The standard InChI is InChI=1S/C14H10ClF2N3/c15-9-2-4-12-13(5-9)20(14(18)19-12)7-8-1-3-10(16)6-11(8)17/h1-6H,7H2,(H2,18,19). The van der Waals surface area contributed by atoms with Gasteiger partial charge < -0.3 is 10.3 Å². The smallest absolute Gasteiger partial charge is 0.201 e. The Kier molecular flexibility index (Phi) is 3.06. The fraction of sp³-hybridized carbons (Fsp3) is 0.0714. The molecule has 3 nitrogen and oxygen atoms in total. The van der Waals surface area contributed by atoms with Gasteiger partial charge in [0, 0.05) is 16.7 Å². The van der Waals surface area contributed by atoms with Gasteiger partial charge in [-0.15, -0.1) is 0 Å². The number of benzene rings is 2. The molecule has 20 heavy (non-hydrogen) atoms. The van der Waals surface area contributed by atoms with Crippen molar-refractivity contribution in [2.24, 2.45) is 0 Å². The predicted molar refractivity (Wildman–Crippen MR) is 74.6 cm³/mol. The Hall–Kier alpha value is -2.14. The number of anilines is 1. The first-order valence-corrected chi connectivity index (χ1v) is 6.27. The largest absolute Gasteiger partial charge is 0.369 e. The van der Waals surface area contributed by atoms with Crippen LogP contribution >= 0.6 is 11.6 Å². The van der Waals surface area contributed by atoms with E-state index in [1.54, 1.807) is 22.8 Å². The lowest BCUT2D eigenvalue weighted by Crippen LogP contribution is -2.06. The summed E-state index contributed by atoms with van der Waals surface area (Å²) in [6.45, 7) is 0.161. The SMILES string of the molecule is Nc1nc2ccc(Cl)cc2n1Cc1ccc(F)cc1F. The minimum absolute atomic E-state index is 0.161. The van der Waals surface area contributed by atoms with Crippen LogP contribution in [-0.4, -0.2) is 9.55 Å². The first kappa shape index (κ1) is 12.9. The van der Waals surface area contributed by atoms with E-state index in [0.29, 0.717) is 21.6 Å². The number of hydrogen-bond donors (Lipinski definition) is 1. The second-order valence-electron chi connectivity index (χ2n) is 4.42. The molecule has 0 saturated heterocycles. The van der Waals surface area contributed by atoms with Crippen LogP contribution < -0.4 is 5.73 Å². The molecule has 0 saturated carbocycles. The van der Waals surface area contributed by atoms with Crippen LogP contribution in [0.1, 0.15) is 5.56 Å². The molecule has 6 heteroatoms. The van der Waals surface area contributed by atoms with Gasteiger partial charge in [-0.25, -0.2) is 13.8 Å². The maximum Gasteiger partial charge on any atom is 0.201 e. The first-order chi connectivity index (χ1) is 9.54. The number of aromatic nitrogens is 2. The second kappa shape index (κ2) is 4.76. The third-order valence-electron chi connectivity index (χ3n) is 3.08. The van der Waals surface area contributed by atoms with E-state index in [0.717, 1.165) is 6.07 Å². The van der Waals surface area contributed by atoms with Gasteiger partial charge in [0.1, 0.15) is 11.6 Å². The molecule has 0 aliphatic carbocycles. The summed E-state index contributed by atoms with van der Waals surface area (Å²) >= 11 is 5.95. The van der Waals surface area contributed by atoms with Gasteiger partial charge in [-0.05, 0) is 24.3 Å². The van der Waals surface area contributed by atoms with E-state index in [9.17, 15) is 8.78 Å². The molecule has 2 aromatic carbocycles. The van der Waals surface area contributed by atoms with Crippen molar-refractivity contribution in [3.8, 4) is 0 Å². The number of halogens is 3. The van der Waals surface area contributed by atoms with Crippen molar-refractivity contribution in [2.75, 3.05) is 5.73 Å². The molecule has 0 bridgehead atoms. The zero-order chi connectivity index (χ0) is 14.3. The molecule has 1 heterocycles. The van der Waals surface area contributed by atoms with E-state index >= 15 is 0 Å². The minimum atomic E-state index is -0.617. The first-order valence-electron chi connectivity index (χ1n) is 5.90. The monoisotopic (exact) mass is 293 g/mol. The quantitative estimate of drug-likeness (QED) is 0.784. The second-order valence-corrected chi connectivity index (χ2v) is 4.86. The Morgan fingerprint density at radius 2 is 1.95 bits per heavy atom. The number of nitrogens with two attached hydrogens (primary N) is 1. The van der Waals surface area contributed by atoms with Crippen LogP contribution in [0.2, 0.25) is 5.02 Å². The summed E-state index contributed by atoms with van der Waals surface area (Å²) in [7, 11) is 0. The number of fused-ring (bicyclic) bond motifs is 1. The molecule has 102 valence electrons. The molecular weight excluding hydrogens is 284 g/mol. The van der Waals surface area contributed by atoms with Crippen molar-refractivity contribution in [3.63, 3.8) is 0 Å². The fourth-order valence-corrected chi connectivity index (χ4v) is 2.27. The summed E-state index contributed by atoms with van der Waals surface area (Å²) in [5, 5.41) is 0.540. The maximum absolute atomic E-state index is 13.7. The third kappa shape index (κ3) is 2.20. The van der Waals surface area contributed by atoms with Crippen LogP contribution in [0.15, 0.2) is 36.4 Å². The van der Waals surface area contributed by atoms with Crippen molar-refractivity contribution in [3.05, 3.63) is 58.6 Å². The van der Waals surface area contributed by atoms with Gasteiger partial charge in [-0.3, -0.25) is 0 Å². The van der Waals surface area contributed by atoms with Gasteiger partial charge in [0.15, 0.2) is 0 Å². The number of imidazole rings is 1. The Morgan fingerprint density at radius 1 is 1.15 bits per heavy atom. The van der Waals surface area contributed by atoms with Crippen molar-refractivity contribution >= 4 is 28.6 Å². The molecule has 0 aliphatic rings. The normalized spacial score (nSPS) is 11.2. The van der Waals surface area contributed by atoms with Crippen LogP contribution in [0, 0.1) is 11.6 Å². The van der Waals surface area contributed by atoms with E-state index < -0.39 is 11.6 Å². The average Bonchev–Trinajstić information content (AvgIpc) is 2.69. The third-order valence-corrected chi connectivity index (χ3v) is 3.32. The molecule has 0 fully saturated rings. The number of nitrogen functional groups attached to an aromatic ring is 1. The molecule has 3 rings (SSSR count). The maximum atomic E-state index is 13.7. The molecule has 0 spiro atoms. The Labute approximate surface area is 118 Å². The highest BCUT2D eigenvalue weighted by Crippen LogP contribution is 2.23. The van der Waals surface area contributed by atoms with Crippen molar-refractivity contribution in [1.29, 1.82) is 0 Å². The molecule has 0 unspecified atom stereocenters. The topological polar surface area (TPSA) is 43.8 Å². The highest BCUT2D eigenvalue weighted by molar-refractivity contribution is 6.31. The number of rotatable bonds is 2. The van der Waals surface area contributed by atoms with Crippen LogP contribution in [0.25, 0.3) is 11.0 Å². The average molecular weight is 294 g/mol. The van der Waals surface area contributed by atoms with Crippen molar-refractivity contribution < 1.29 is 8.78 Å². The van der Waals surface area contributed by atoms with Gasteiger partial charge in [-0.2, -0.15) is 0 Å².